The summed E-state index contributed by atoms with van der Waals surface area (Å²) in [5, 5.41) is 19.6. The highest BCUT2D eigenvalue weighted by atomic mass is 19.1. The second-order valence-electron chi connectivity index (χ2n) is 7.59. The number of carbonyl (C=O) groups excluding carboxylic acids is 1. The van der Waals surface area contributed by atoms with E-state index < -0.39 is 0 Å². The lowest BCUT2D eigenvalue weighted by Gasteiger charge is -2.23. The van der Waals surface area contributed by atoms with Gasteiger partial charge in [-0.05, 0) is 43.7 Å². The lowest BCUT2D eigenvalue weighted by Crippen LogP contribution is -2.34. The quantitative estimate of drug-likeness (QED) is 0.795. The molecule has 6 nitrogen and oxygen atoms in total. The number of aliphatic hydroxyl groups excluding tert-OH is 2. The van der Waals surface area contributed by atoms with Gasteiger partial charge in [-0.15, -0.1) is 0 Å². The Morgan fingerprint density at radius 3 is 2.67 bits per heavy atom. The first kappa shape index (κ1) is 19.8. The number of rotatable bonds is 6. The molecule has 2 heterocycles. The minimum atomic E-state index is -0.316. The van der Waals surface area contributed by atoms with Gasteiger partial charge in [0.25, 0.3) is 5.91 Å². The first-order chi connectivity index (χ1) is 12.9. The van der Waals surface area contributed by atoms with Crippen molar-refractivity contribution in [1.82, 2.24) is 14.4 Å². The SMILES string of the molecule is Cc1c(C(=O)N2C[C@@H](CN(C)CCO)[C@@H](CO)C2)n(C)c2ccc(F)cc12. The summed E-state index contributed by atoms with van der Waals surface area (Å²) in [5.74, 6) is -0.230. The van der Waals surface area contributed by atoms with Crippen LogP contribution in [0.5, 0.6) is 0 Å². The first-order valence-corrected chi connectivity index (χ1v) is 9.31. The van der Waals surface area contributed by atoms with Gasteiger partial charge < -0.3 is 24.6 Å². The molecule has 0 saturated carbocycles. The number of hydrogen-bond donors (Lipinski definition) is 2. The highest BCUT2D eigenvalue weighted by Gasteiger charge is 2.37. The molecule has 148 valence electrons. The van der Waals surface area contributed by atoms with Gasteiger partial charge >= 0.3 is 0 Å². The van der Waals surface area contributed by atoms with Crippen LogP contribution in [0.1, 0.15) is 16.1 Å². The number of halogens is 1. The fourth-order valence-electron chi connectivity index (χ4n) is 4.23. The molecule has 7 heteroatoms. The van der Waals surface area contributed by atoms with E-state index in [1.807, 2.05) is 30.5 Å². The molecule has 2 atom stereocenters. The second kappa shape index (κ2) is 7.96. The molecule has 27 heavy (non-hydrogen) atoms. The van der Waals surface area contributed by atoms with Crippen molar-refractivity contribution in [2.45, 2.75) is 6.92 Å². The van der Waals surface area contributed by atoms with E-state index in [0.29, 0.717) is 25.3 Å². The molecule has 3 rings (SSSR count). The Morgan fingerprint density at radius 1 is 1.30 bits per heavy atom. The number of likely N-dealkylation sites (tertiary alicyclic amines) is 1. The number of hydrogen-bond acceptors (Lipinski definition) is 4. The summed E-state index contributed by atoms with van der Waals surface area (Å²) in [5.41, 5.74) is 2.17. The normalized spacial score (nSPS) is 20.2. The maximum absolute atomic E-state index is 13.6. The monoisotopic (exact) mass is 377 g/mol. The van der Waals surface area contributed by atoms with E-state index in [1.54, 1.807) is 11.0 Å². The molecule has 1 aromatic carbocycles. The number of benzene rings is 1. The van der Waals surface area contributed by atoms with Crippen molar-refractivity contribution < 1.29 is 19.4 Å². The zero-order valence-corrected chi connectivity index (χ0v) is 16.2. The zero-order chi connectivity index (χ0) is 19.7. The zero-order valence-electron chi connectivity index (χ0n) is 16.2. The smallest absolute Gasteiger partial charge is 0.270 e. The molecule has 2 N–H and O–H groups in total. The first-order valence-electron chi connectivity index (χ1n) is 9.31. The lowest BCUT2D eigenvalue weighted by molar-refractivity contribution is 0.0769. The molecule has 0 aliphatic carbocycles. The van der Waals surface area contributed by atoms with Gasteiger partial charge in [0.15, 0.2) is 0 Å². The van der Waals surface area contributed by atoms with Crippen LogP contribution in [0.4, 0.5) is 4.39 Å². The van der Waals surface area contributed by atoms with Crippen molar-refractivity contribution >= 4 is 16.8 Å². The standard InChI is InChI=1S/C20H28FN3O3/c1-13-17-8-16(21)4-5-18(17)23(3)19(13)20(27)24-10-14(15(11-24)12-26)9-22(2)6-7-25/h4-5,8,14-15,25-26H,6-7,9-12H2,1-3H3/t14-,15-/m1/s1. The number of amides is 1. The Bertz CT molecular complexity index is 835. The third-order valence-electron chi connectivity index (χ3n) is 5.74. The molecule has 1 amide bonds. The number of aliphatic hydroxyl groups is 2. The number of aromatic nitrogens is 1. The molecule has 1 aliphatic rings. The molecule has 1 aliphatic heterocycles. The minimum Gasteiger partial charge on any atom is -0.396 e. The number of fused-ring (bicyclic) bond motifs is 1. The van der Waals surface area contributed by atoms with Crippen molar-refractivity contribution in [2.75, 3.05) is 46.4 Å². The van der Waals surface area contributed by atoms with Crippen LogP contribution in [0, 0.1) is 24.6 Å². The Labute approximate surface area is 158 Å². The molecular formula is C20H28FN3O3. The predicted molar refractivity (Wildman–Crippen MR) is 102 cm³/mol. The van der Waals surface area contributed by atoms with Crippen LogP contribution in [0.3, 0.4) is 0 Å². The average molecular weight is 377 g/mol. The molecule has 0 unspecified atom stereocenters. The highest BCUT2D eigenvalue weighted by Crippen LogP contribution is 2.30. The number of likely N-dealkylation sites (N-methyl/N-ethyl adjacent to an activating group) is 1. The Morgan fingerprint density at radius 2 is 2.00 bits per heavy atom. The van der Waals surface area contributed by atoms with Crippen molar-refractivity contribution in [3.05, 3.63) is 35.3 Å². The maximum Gasteiger partial charge on any atom is 0.270 e. The second-order valence-corrected chi connectivity index (χ2v) is 7.59. The largest absolute Gasteiger partial charge is 0.396 e. The number of aryl methyl sites for hydroxylation is 2. The minimum absolute atomic E-state index is 0.0162. The Kier molecular flexibility index (Phi) is 5.83. The molecular weight excluding hydrogens is 349 g/mol. The van der Waals surface area contributed by atoms with E-state index in [-0.39, 0.29) is 36.8 Å². The fraction of sp³-hybridized carbons (Fsp3) is 0.550. The maximum atomic E-state index is 13.6. The predicted octanol–water partition coefficient (Wildman–Crippen LogP) is 1.23. The molecule has 1 saturated heterocycles. The van der Waals surface area contributed by atoms with Gasteiger partial charge in [0.05, 0.1) is 6.61 Å². The number of nitrogens with zero attached hydrogens (tertiary/aromatic N) is 3. The van der Waals surface area contributed by atoms with Crippen LogP contribution in [0.2, 0.25) is 0 Å². The summed E-state index contributed by atoms with van der Waals surface area (Å²) in [6, 6.07) is 4.57. The van der Waals surface area contributed by atoms with E-state index in [4.69, 9.17) is 5.11 Å². The molecule has 0 radical (unpaired) electrons. The molecule has 0 bridgehead atoms. The Hall–Kier alpha value is -1.96. The molecule has 1 aromatic heterocycles. The van der Waals surface area contributed by atoms with Crippen molar-refractivity contribution in [1.29, 1.82) is 0 Å². The Balaban J connectivity index is 1.85. The van der Waals surface area contributed by atoms with Gasteiger partial charge in [-0.25, -0.2) is 4.39 Å². The van der Waals surface area contributed by atoms with Crippen LogP contribution >= 0.6 is 0 Å². The van der Waals surface area contributed by atoms with E-state index in [2.05, 4.69) is 0 Å². The summed E-state index contributed by atoms with van der Waals surface area (Å²) in [4.78, 5) is 17.0. The topological polar surface area (TPSA) is 68.9 Å². The van der Waals surface area contributed by atoms with Gasteiger partial charge in [-0.2, -0.15) is 0 Å². The van der Waals surface area contributed by atoms with Crippen molar-refractivity contribution in [2.24, 2.45) is 18.9 Å². The summed E-state index contributed by atoms with van der Waals surface area (Å²) >= 11 is 0. The van der Waals surface area contributed by atoms with Gasteiger partial charge in [0, 0.05) is 56.7 Å². The van der Waals surface area contributed by atoms with Crippen LogP contribution in [-0.2, 0) is 7.05 Å². The van der Waals surface area contributed by atoms with Gasteiger partial charge in [0.2, 0.25) is 0 Å². The van der Waals surface area contributed by atoms with Gasteiger partial charge in [0.1, 0.15) is 11.5 Å². The van der Waals surface area contributed by atoms with Gasteiger partial charge in [-0.1, -0.05) is 0 Å². The third-order valence-corrected chi connectivity index (χ3v) is 5.74. The molecule has 1 fully saturated rings. The number of carbonyl (C=O) groups is 1. The van der Waals surface area contributed by atoms with Gasteiger partial charge in [-0.3, -0.25) is 4.79 Å². The van der Waals surface area contributed by atoms with Crippen LogP contribution in [-0.4, -0.2) is 76.9 Å². The van der Waals surface area contributed by atoms with Crippen molar-refractivity contribution in [3.63, 3.8) is 0 Å². The lowest BCUT2D eigenvalue weighted by atomic mass is 9.96. The average Bonchev–Trinajstić information content (AvgIpc) is 3.14. The van der Waals surface area contributed by atoms with Crippen molar-refractivity contribution in [3.8, 4) is 0 Å². The fourth-order valence-corrected chi connectivity index (χ4v) is 4.23. The van der Waals surface area contributed by atoms with Crippen LogP contribution in [0.15, 0.2) is 18.2 Å². The summed E-state index contributed by atoms with van der Waals surface area (Å²) in [6.07, 6.45) is 0. The summed E-state index contributed by atoms with van der Waals surface area (Å²) in [7, 11) is 3.75. The van der Waals surface area contributed by atoms with E-state index in [0.717, 1.165) is 23.0 Å². The van der Waals surface area contributed by atoms with E-state index >= 15 is 0 Å². The molecule has 0 spiro atoms. The third kappa shape index (κ3) is 3.72. The summed E-state index contributed by atoms with van der Waals surface area (Å²) < 4.78 is 15.5. The highest BCUT2D eigenvalue weighted by molar-refractivity contribution is 6.01. The molecule has 2 aromatic rings. The van der Waals surface area contributed by atoms with Crippen LogP contribution in [0.25, 0.3) is 10.9 Å². The van der Waals surface area contributed by atoms with E-state index in [9.17, 15) is 14.3 Å². The van der Waals surface area contributed by atoms with E-state index in [1.165, 1.54) is 12.1 Å². The summed E-state index contributed by atoms with van der Waals surface area (Å²) in [6.45, 7) is 4.31. The van der Waals surface area contributed by atoms with Crippen LogP contribution < -0.4 is 0 Å².